The van der Waals surface area contributed by atoms with E-state index in [4.69, 9.17) is 9.47 Å². The molecular weight excluding hydrogens is 308 g/mol. The number of carbonyl (C=O) groups excluding carboxylic acids is 1. The van der Waals surface area contributed by atoms with Crippen LogP contribution in [0.3, 0.4) is 0 Å². The fourth-order valence-electron chi connectivity index (χ4n) is 2.34. The molecule has 1 amide bonds. The molecule has 1 aliphatic rings. The van der Waals surface area contributed by atoms with Crippen LogP contribution in [0.25, 0.3) is 0 Å². The van der Waals surface area contributed by atoms with Crippen molar-refractivity contribution in [2.45, 2.75) is 19.4 Å². The molecule has 0 fully saturated rings. The Morgan fingerprint density at radius 1 is 1.21 bits per heavy atom. The van der Waals surface area contributed by atoms with Gasteiger partial charge in [0, 0.05) is 0 Å². The van der Waals surface area contributed by atoms with Gasteiger partial charge >= 0.3 is 0 Å². The number of ether oxygens (including phenoxy) is 2. The number of aromatic hydroxyl groups is 1. The van der Waals surface area contributed by atoms with E-state index in [1.54, 1.807) is 36.4 Å². The van der Waals surface area contributed by atoms with Gasteiger partial charge in [-0.05, 0) is 48.4 Å². The van der Waals surface area contributed by atoms with E-state index >= 15 is 0 Å². The molecule has 0 bridgehead atoms. The number of hydrogen-bond acceptors (Lipinski definition) is 5. The zero-order chi connectivity index (χ0) is 16.9. The van der Waals surface area contributed by atoms with E-state index in [-0.39, 0.29) is 18.3 Å². The van der Waals surface area contributed by atoms with Crippen LogP contribution in [0, 0.1) is 0 Å². The smallest absolute Gasteiger partial charge is 0.284 e. The number of phenolic OH excluding ortho intramolecular Hbond substituents is 1. The molecule has 0 saturated heterocycles. The highest BCUT2D eigenvalue weighted by Gasteiger charge is 2.27. The molecule has 0 unspecified atom stereocenters. The normalized spacial score (nSPS) is 16.5. The summed E-state index contributed by atoms with van der Waals surface area (Å²) >= 11 is 0. The molecule has 0 spiro atoms. The summed E-state index contributed by atoms with van der Waals surface area (Å²) in [6.45, 7) is 2.08. The number of amides is 1. The second-order valence-electron chi connectivity index (χ2n) is 5.30. The van der Waals surface area contributed by atoms with Crippen molar-refractivity contribution in [2.24, 2.45) is 5.10 Å². The average Bonchev–Trinajstić information content (AvgIpc) is 2.63. The molecule has 6 nitrogen and oxygen atoms in total. The van der Waals surface area contributed by atoms with Crippen molar-refractivity contribution in [3.63, 3.8) is 0 Å². The maximum atomic E-state index is 12.3. The number of rotatable bonds is 4. The standard InChI is InChI=1S/C18H18N2O4/c1-2-14(12-7-9-13(21)10-8-12)19-20-18(22)17-11-23-15-5-3-4-6-16(15)24-17/h3-10,17,21H,2,11H2,1H3,(H,20,22)/b19-14+/t17-/m0/s1. The molecule has 2 N–H and O–H groups in total. The number of phenols is 1. The lowest BCUT2D eigenvalue weighted by Gasteiger charge is -2.24. The van der Waals surface area contributed by atoms with Gasteiger partial charge in [0.15, 0.2) is 11.5 Å². The minimum atomic E-state index is -0.749. The van der Waals surface area contributed by atoms with Crippen LogP contribution in [0.15, 0.2) is 53.6 Å². The SMILES string of the molecule is CC/C(=N\NC(=O)[C@@H]1COc2ccccc2O1)c1ccc(O)cc1. The van der Waals surface area contributed by atoms with Crippen molar-refractivity contribution in [1.82, 2.24) is 5.43 Å². The van der Waals surface area contributed by atoms with Crippen molar-refractivity contribution in [1.29, 1.82) is 0 Å². The van der Waals surface area contributed by atoms with E-state index in [9.17, 15) is 9.90 Å². The number of benzene rings is 2. The molecule has 6 heteroatoms. The maximum Gasteiger partial charge on any atom is 0.284 e. The van der Waals surface area contributed by atoms with E-state index < -0.39 is 6.10 Å². The molecule has 2 aromatic rings. The molecule has 0 aliphatic carbocycles. The van der Waals surface area contributed by atoms with Gasteiger partial charge in [0.2, 0.25) is 6.10 Å². The lowest BCUT2D eigenvalue weighted by Crippen LogP contribution is -2.42. The van der Waals surface area contributed by atoms with E-state index in [2.05, 4.69) is 10.5 Å². The van der Waals surface area contributed by atoms with Gasteiger partial charge in [-0.25, -0.2) is 5.43 Å². The fourth-order valence-corrected chi connectivity index (χ4v) is 2.34. The first kappa shape index (κ1) is 15.9. The molecule has 1 atom stereocenters. The largest absolute Gasteiger partial charge is 0.508 e. The molecule has 24 heavy (non-hydrogen) atoms. The Hall–Kier alpha value is -3.02. The summed E-state index contributed by atoms with van der Waals surface area (Å²) in [4.78, 5) is 12.3. The highest BCUT2D eigenvalue weighted by atomic mass is 16.6. The number of carbonyl (C=O) groups is 1. The first-order valence-corrected chi connectivity index (χ1v) is 7.71. The van der Waals surface area contributed by atoms with Crippen LogP contribution in [-0.4, -0.2) is 29.4 Å². The van der Waals surface area contributed by atoms with Crippen LogP contribution in [0.4, 0.5) is 0 Å². The van der Waals surface area contributed by atoms with E-state index in [1.165, 1.54) is 0 Å². The quantitative estimate of drug-likeness (QED) is 0.668. The van der Waals surface area contributed by atoms with E-state index in [0.717, 1.165) is 5.56 Å². The third-order valence-corrected chi connectivity index (χ3v) is 3.64. The number of nitrogens with one attached hydrogen (secondary N) is 1. The third kappa shape index (κ3) is 3.48. The summed E-state index contributed by atoms with van der Waals surface area (Å²) in [7, 11) is 0. The Morgan fingerprint density at radius 3 is 2.62 bits per heavy atom. The summed E-state index contributed by atoms with van der Waals surface area (Å²) in [6, 6.07) is 13.9. The molecule has 3 rings (SSSR count). The van der Waals surface area contributed by atoms with E-state index in [1.807, 2.05) is 19.1 Å². The summed E-state index contributed by atoms with van der Waals surface area (Å²) in [5.41, 5.74) is 4.07. The number of para-hydroxylation sites is 2. The second-order valence-corrected chi connectivity index (χ2v) is 5.30. The predicted octanol–water partition coefficient (Wildman–Crippen LogP) is 2.46. The monoisotopic (exact) mass is 326 g/mol. The number of fused-ring (bicyclic) bond motifs is 1. The van der Waals surface area contributed by atoms with Crippen LogP contribution in [-0.2, 0) is 4.79 Å². The first-order valence-electron chi connectivity index (χ1n) is 7.71. The van der Waals surface area contributed by atoms with Gasteiger partial charge < -0.3 is 14.6 Å². The number of hydrazone groups is 1. The van der Waals surface area contributed by atoms with Gasteiger partial charge in [-0.3, -0.25) is 4.79 Å². The van der Waals surface area contributed by atoms with Crippen LogP contribution < -0.4 is 14.9 Å². The second kappa shape index (κ2) is 7.04. The average molecular weight is 326 g/mol. The van der Waals surface area contributed by atoms with Crippen molar-refractivity contribution >= 4 is 11.6 Å². The summed E-state index contributed by atoms with van der Waals surface area (Å²) in [5, 5.41) is 13.5. The van der Waals surface area contributed by atoms with Gasteiger partial charge in [-0.1, -0.05) is 19.1 Å². The molecule has 2 aromatic carbocycles. The molecular formula is C18H18N2O4. The maximum absolute atomic E-state index is 12.3. The summed E-state index contributed by atoms with van der Waals surface area (Å²) in [5.74, 6) is 0.990. The highest BCUT2D eigenvalue weighted by Crippen LogP contribution is 2.30. The Bertz CT molecular complexity index is 756. The zero-order valence-electron chi connectivity index (χ0n) is 13.2. The van der Waals surface area contributed by atoms with Crippen molar-refractivity contribution in [3.8, 4) is 17.2 Å². The first-order chi connectivity index (χ1) is 11.7. The van der Waals surface area contributed by atoms with Crippen LogP contribution in [0.1, 0.15) is 18.9 Å². The highest BCUT2D eigenvalue weighted by molar-refractivity contribution is 6.01. The lowest BCUT2D eigenvalue weighted by atomic mass is 10.1. The molecule has 0 aromatic heterocycles. The predicted molar refractivity (Wildman–Crippen MR) is 89.4 cm³/mol. The van der Waals surface area contributed by atoms with Gasteiger partial charge in [0.05, 0.1) is 5.71 Å². The Morgan fingerprint density at radius 2 is 1.92 bits per heavy atom. The van der Waals surface area contributed by atoms with Gasteiger partial charge in [0.1, 0.15) is 12.4 Å². The minimum absolute atomic E-state index is 0.138. The van der Waals surface area contributed by atoms with Crippen LogP contribution in [0.5, 0.6) is 17.2 Å². The topological polar surface area (TPSA) is 80.2 Å². The van der Waals surface area contributed by atoms with Gasteiger partial charge in [0.25, 0.3) is 5.91 Å². The van der Waals surface area contributed by atoms with Crippen molar-refractivity contribution in [3.05, 3.63) is 54.1 Å². The molecule has 1 aliphatic heterocycles. The summed E-state index contributed by atoms with van der Waals surface area (Å²) in [6.07, 6.45) is -0.114. The van der Waals surface area contributed by atoms with Crippen LogP contribution >= 0.6 is 0 Å². The Kier molecular flexibility index (Phi) is 4.65. The van der Waals surface area contributed by atoms with Gasteiger partial charge in [-0.2, -0.15) is 5.10 Å². The zero-order valence-corrected chi connectivity index (χ0v) is 13.2. The number of nitrogens with zero attached hydrogens (tertiary/aromatic N) is 1. The van der Waals surface area contributed by atoms with Gasteiger partial charge in [-0.15, -0.1) is 0 Å². The number of hydrogen-bond donors (Lipinski definition) is 2. The summed E-state index contributed by atoms with van der Waals surface area (Å²) < 4.78 is 11.2. The molecule has 0 saturated carbocycles. The van der Waals surface area contributed by atoms with Crippen molar-refractivity contribution < 1.29 is 19.4 Å². The van der Waals surface area contributed by atoms with Crippen LogP contribution in [0.2, 0.25) is 0 Å². The van der Waals surface area contributed by atoms with Crippen molar-refractivity contribution in [2.75, 3.05) is 6.61 Å². The van der Waals surface area contributed by atoms with E-state index in [0.29, 0.717) is 23.6 Å². The molecule has 124 valence electrons. The Balaban J connectivity index is 1.67. The fraction of sp³-hybridized carbons (Fsp3) is 0.222. The Labute approximate surface area is 139 Å². The molecule has 1 heterocycles. The lowest BCUT2D eigenvalue weighted by molar-refractivity contribution is -0.130. The third-order valence-electron chi connectivity index (χ3n) is 3.64. The molecule has 0 radical (unpaired) electrons. The minimum Gasteiger partial charge on any atom is -0.508 e.